The summed E-state index contributed by atoms with van der Waals surface area (Å²) < 4.78 is 0. The van der Waals surface area contributed by atoms with Crippen molar-refractivity contribution in [1.82, 2.24) is 4.90 Å². The van der Waals surface area contributed by atoms with Crippen molar-refractivity contribution in [2.75, 3.05) is 36.9 Å². The number of nitrogens with zero attached hydrogens (tertiary/aromatic N) is 1. The molecule has 0 radical (unpaired) electrons. The number of rotatable bonds is 9. The van der Waals surface area contributed by atoms with Gasteiger partial charge in [-0.15, -0.1) is 0 Å². The van der Waals surface area contributed by atoms with Gasteiger partial charge in [0.25, 0.3) is 0 Å². The molecule has 14 heavy (non-hydrogen) atoms. The van der Waals surface area contributed by atoms with Gasteiger partial charge in [-0.3, -0.25) is 0 Å². The Morgan fingerprint density at radius 2 is 1.86 bits per heavy atom. The first-order valence-corrected chi connectivity index (χ1v) is 7.48. The van der Waals surface area contributed by atoms with Crippen molar-refractivity contribution in [1.29, 1.82) is 0 Å². The van der Waals surface area contributed by atoms with Crippen molar-refractivity contribution in [2.45, 2.75) is 27.2 Å². The predicted molar refractivity (Wildman–Crippen MR) is 72.7 cm³/mol. The van der Waals surface area contributed by atoms with Crippen molar-refractivity contribution in [2.24, 2.45) is 5.92 Å². The van der Waals surface area contributed by atoms with Gasteiger partial charge in [0.1, 0.15) is 0 Å². The molecule has 86 valence electrons. The first kappa shape index (κ1) is 14.7. The third-order valence-electron chi connectivity index (χ3n) is 2.64. The van der Waals surface area contributed by atoms with Gasteiger partial charge in [0.2, 0.25) is 0 Å². The first-order chi connectivity index (χ1) is 6.78. The Morgan fingerprint density at radius 3 is 2.29 bits per heavy atom. The van der Waals surface area contributed by atoms with Crippen LogP contribution in [0, 0.1) is 5.92 Å². The molecule has 0 spiro atoms. The summed E-state index contributed by atoms with van der Waals surface area (Å²) in [7, 11) is 0. The minimum atomic E-state index is 0.806. The summed E-state index contributed by atoms with van der Waals surface area (Å²) in [5.41, 5.74) is 0. The van der Waals surface area contributed by atoms with E-state index in [0.29, 0.717) is 0 Å². The van der Waals surface area contributed by atoms with Crippen LogP contribution in [0.25, 0.3) is 0 Å². The van der Waals surface area contributed by atoms with Gasteiger partial charge < -0.3 is 4.90 Å². The topological polar surface area (TPSA) is 3.24 Å². The van der Waals surface area contributed by atoms with E-state index in [9.17, 15) is 0 Å². The second-order valence-electron chi connectivity index (χ2n) is 3.56. The van der Waals surface area contributed by atoms with Gasteiger partial charge in [0.15, 0.2) is 0 Å². The first-order valence-electron chi connectivity index (χ1n) is 5.69. The largest absolute Gasteiger partial charge is 0.303 e. The van der Waals surface area contributed by atoms with E-state index in [1.165, 1.54) is 37.6 Å². The Labute approximate surface area is 99.4 Å². The van der Waals surface area contributed by atoms with Crippen LogP contribution in [0.2, 0.25) is 0 Å². The van der Waals surface area contributed by atoms with Crippen molar-refractivity contribution in [3.63, 3.8) is 0 Å². The number of thioether (sulfide) groups is 1. The van der Waals surface area contributed by atoms with Gasteiger partial charge >= 0.3 is 0 Å². The SMILES string of the molecule is CCC(CS)CSCCN(CC)CC. The summed E-state index contributed by atoms with van der Waals surface area (Å²) in [5, 5.41) is 0. The average Bonchev–Trinajstić information content (AvgIpc) is 2.24. The van der Waals surface area contributed by atoms with E-state index < -0.39 is 0 Å². The van der Waals surface area contributed by atoms with Crippen LogP contribution in [0.4, 0.5) is 0 Å². The average molecular weight is 235 g/mol. The highest BCUT2D eigenvalue weighted by Gasteiger charge is 2.04. The minimum absolute atomic E-state index is 0.806. The minimum Gasteiger partial charge on any atom is -0.303 e. The van der Waals surface area contributed by atoms with E-state index in [2.05, 4.69) is 50.1 Å². The Bertz CT molecular complexity index is 97.9. The van der Waals surface area contributed by atoms with E-state index in [1.54, 1.807) is 0 Å². The highest BCUT2D eigenvalue weighted by molar-refractivity contribution is 7.99. The van der Waals surface area contributed by atoms with Crippen LogP contribution in [-0.2, 0) is 0 Å². The second kappa shape index (κ2) is 10.2. The molecular formula is C11H25NS2. The number of hydrogen-bond donors (Lipinski definition) is 1. The monoisotopic (exact) mass is 235 g/mol. The number of thiol groups is 1. The van der Waals surface area contributed by atoms with Crippen molar-refractivity contribution >= 4 is 24.4 Å². The lowest BCUT2D eigenvalue weighted by Crippen LogP contribution is -2.25. The second-order valence-corrected chi connectivity index (χ2v) is 5.07. The maximum atomic E-state index is 4.35. The standard InChI is InChI=1S/C11H25NS2/c1-4-11(9-13)10-14-8-7-12(5-2)6-3/h11,13H,4-10H2,1-3H3. The molecule has 0 fully saturated rings. The fourth-order valence-corrected chi connectivity index (χ4v) is 3.09. The summed E-state index contributed by atoms with van der Waals surface area (Å²) in [6.45, 7) is 10.3. The highest BCUT2D eigenvalue weighted by atomic mass is 32.2. The van der Waals surface area contributed by atoms with Gasteiger partial charge in [0.05, 0.1) is 0 Å². The molecule has 0 saturated heterocycles. The van der Waals surface area contributed by atoms with E-state index in [1.807, 2.05) is 0 Å². The zero-order chi connectivity index (χ0) is 10.8. The molecular weight excluding hydrogens is 210 g/mol. The Kier molecular flexibility index (Phi) is 10.7. The molecule has 1 nitrogen and oxygen atoms in total. The normalized spacial score (nSPS) is 13.5. The fraction of sp³-hybridized carbons (Fsp3) is 1.00. The van der Waals surface area contributed by atoms with Crippen LogP contribution in [0.15, 0.2) is 0 Å². The maximum Gasteiger partial charge on any atom is 0.00721 e. The van der Waals surface area contributed by atoms with Crippen LogP contribution in [0.5, 0.6) is 0 Å². The summed E-state index contributed by atoms with van der Waals surface area (Å²) in [5.74, 6) is 4.39. The van der Waals surface area contributed by atoms with Gasteiger partial charge in [-0.1, -0.05) is 27.2 Å². The zero-order valence-electron chi connectivity index (χ0n) is 9.83. The Balaban J connectivity index is 3.35. The predicted octanol–water partition coefficient (Wildman–Crippen LogP) is 3.02. The van der Waals surface area contributed by atoms with E-state index in [0.717, 1.165) is 11.7 Å². The maximum absolute atomic E-state index is 4.35. The van der Waals surface area contributed by atoms with Crippen molar-refractivity contribution in [3.05, 3.63) is 0 Å². The summed E-state index contributed by atoms with van der Waals surface area (Å²) >= 11 is 6.43. The molecule has 0 N–H and O–H groups in total. The lowest BCUT2D eigenvalue weighted by Gasteiger charge is -2.18. The lowest BCUT2D eigenvalue weighted by atomic mass is 10.2. The molecule has 1 unspecified atom stereocenters. The molecule has 0 bridgehead atoms. The van der Waals surface area contributed by atoms with Crippen LogP contribution in [0.3, 0.4) is 0 Å². The van der Waals surface area contributed by atoms with Gasteiger partial charge in [-0.25, -0.2) is 0 Å². The van der Waals surface area contributed by atoms with Crippen LogP contribution in [0.1, 0.15) is 27.2 Å². The molecule has 1 atom stereocenters. The third-order valence-corrected chi connectivity index (χ3v) is 4.33. The van der Waals surface area contributed by atoms with Crippen LogP contribution >= 0.6 is 24.4 Å². The number of hydrogen-bond acceptors (Lipinski definition) is 3. The van der Waals surface area contributed by atoms with E-state index >= 15 is 0 Å². The third kappa shape index (κ3) is 7.02. The molecule has 0 heterocycles. The molecule has 0 rings (SSSR count). The van der Waals surface area contributed by atoms with Gasteiger partial charge in [-0.05, 0) is 30.5 Å². The lowest BCUT2D eigenvalue weighted by molar-refractivity contribution is 0.324. The van der Waals surface area contributed by atoms with Crippen molar-refractivity contribution < 1.29 is 0 Å². The molecule has 0 saturated carbocycles. The molecule has 0 aromatic rings. The van der Waals surface area contributed by atoms with E-state index in [-0.39, 0.29) is 0 Å². The molecule has 0 aromatic heterocycles. The molecule has 0 aromatic carbocycles. The smallest absolute Gasteiger partial charge is 0.00721 e. The molecule has 0 aliphatic heterocycles. The Hall–Kier alpha value is 0.660. The zero-order valence-corrected chi connectivity index (χ0v) is 11.5. The van der Waals surface area contributed by atoms with Gasteiger partial charge in [-0.2, -0.15) is 24.4 Å². The van der Waals surface area contributed by atoms with E-state index in [4.69, 9.17) is 0 Å². The molecule has 0 aliphatic rings. The molecule has 3 heteroatoms. The van der Waals surface area contributed by atoms with Gasteiger partial charge in [0, 0.05) is 12.3 Å². The molecule has 0 amide bonds. The van der Waals surface area contributed by atoms with Crippen molar-refractivity contribution in [3.8, 4) is 0 Å². The quantitative estimate of drug-likeness (QED) is 0.483. The fourth-order valence-electron chi connectivity index (χ4n) is 1.28. The summed E-state index contributed by atoms with van der Waals surface area (Å²) in [6.07, 6.45) is 1.27. The van der Waals surface area contributed by atoms with Crippen LogP contribution < -0.4 is 0 Å². The Morgan fingerprint density at radius 1 is 1.21 bits per heavy atom. The summed E-state index contributed by atoms with van der Waals surface area (Å²) in [4.78, 5) is 2.48. The molecule has 0 aliphatic carbocycles. The van der Waals surface area contributed by atoms with Crippen LogP contribution in [-0.4, -0.2) is 41.8 Å². The highest BCUT2D eigenvalue weighted by Crippen LogP contribution is 2.13. The summed E-state index contributed by atoms with van der Waals surface area (Å²) in [6, 6.07) is 0.